The van der Waals surface area contributed by atoms with E-state index >= 15 is 0 Å². The standard InChI is InChI=1S/C17H25N3OS/c1-20(11-9-18-14-6-7-14)10-3-2-4-13-5-8-15-16(12-13)22-17(21)19-15/h5,8,12,14,18H,2-4,6-7,9-11H2,1H3,(H,19,21). The molecule has 4 nitrogen and oxygen atoms in total. The first-order valence-corrected chi connectivity index (χ1v) is 9.06. The number of benzene rings is 1. The van der Waals surface area contributed by atoms with E-state index in [1.807, 2.05) is 6.07 Å². The second-order valence-electron chi connectivity index (χ2n) is 6.33. The number of aryl methyl sites for hydroxylation is 1. The molecular formula is C17H25N3OS. The van der Waals surface area contributed by atoms with Gasteiger partial charge in [0, 0.05) is 19.1 Å². The minimum Gasteiger partial charge on any atom is -0.313 e. The number of nitrogens with zero attached hydrogens (tertiary/aromatic N) is 1. The van der Waals surface area contributed by atoms with Crippen molar-refractivity contribution in [1.29, 1.82) is 0 Å². The van der Waals surface area contributed by atoms with Gasteiger partial charge in [-0.1, -0.05) is 17.4 Å². The van der Waals surface area contributed by atoms with E-state index < -0.39 is 0 Å². The minimum atomic E-state index is 0.0357. The van der Waals surface area contributed by atoms with Gasteiger partial charge in [0.25, 0.3) is 0 Å². The van der Waals surface area contributed by atoms with E-state index in [0.29, 0.717) is 0 Å². The minimum absolute atomic E-state index is 0.0357. The monoisotopic (exact) mass is 319 g/mol. The molecule has 120 valence electrons. The Labute approximate surface area is 135 Å². The first kappa shape index (κ1) is 15.7. The zero-order valence-electron chi connectivity index (χ0n) is 13.2. The first-order valence-electron chi connectivity index (χ1n) is 8.24. The molecular weight excluding hydrogens is 294 g/mol. The maximum atomic E-state index is 11.3. The van der Waals surface area contributed by atoms with E-state index in [1.54, 1.807) is 0 Å². The number of unbranched alkanes of at least 4 members (excludes halogenated alkanes) is 1. The largest absolute Gasteiger partial charge is 0.313 e. The number of thiazole rings is 1. The Morgan fingerprint density at radius 1 is 1.32 bits per heavy atom. The molecule has 3 rings (SSSR count). The van der Waals surface area contributed by atoms with Crippen LogP contribution in [0.2, 0.25) is 0 Å². The Morgan fingerprint density at radius 3 is 3.00 bits per heavy atom. The lowest BCUT2D eigenvalue weighted by molar-refractivity contribution is 0.323. The summed E-state index contributed by atoms with van der Waals surface area (Å²) >= 11 is 1.30. The lowest BCUT2D eigenvalue weighted by Crippen LogP contribution is -2.30. The molecule has 5 heteroatoms. The van der Waals surface area contributed by atoms with E-state index in [0.717, 1.165) is 42.3 Å². The van der Waals surface area contributed by atoms with E-state index in [4.69, 9.17) is 0 Å². The molecule has 1 saturated carbocycles. The number of likely N-dealkylation sites (N-methyl/N-ethyl adjacent to an activating group) is 1. The molecule has 1 aromatic heterocycles. The van der Waals surface area contributed by atoms with Crippen LogP contribution < -0.4 is 10.2 Å². The number of hydrogen-bond acceptors (Lipinski definition) is 4. The summed E-state index contributed by atoms with van der Waals surface area (Å²) in [6.07, 6.45) is 6.25. The molecule has 0 radical (unpaired) electrons. The van der Waals surface area contributed by atoms with Crippen molar-refractivity contribution in [2.24, 2.45) is 0 Å². The molecule has 1 aliphatic carbocycles. The lowest BCUT2D eigenvalue weighted by Gasteiger charge is -2.16. The van der Waals surface area contributed by atoms with Crippen LogP contribution in [0.3, 0.4) is 0 Å². The molecule has 2 aromatic rings. The first-order chi connectivity index (χ1) is 10.7. The highest BCUT2D eigenvalue weighted by Gasteiger charge is 2.19. The smallest absolute Gasteiger partial charge is 0.305 e. The molecule has 1 aromatic carbocycles. The van der Waals surface area contributed by atoms with Crippen LogP contribution >= 0.6 is 11.3 Å². The maximum Gasteiger partial charge on any atom is 0.305 e. The summed E-state index contributed by atoms with van der Waals surface area (Å²) in [6, 6.07) is 7.13. The van der Waals surface area contributed by atoms with Crippen LogP contribution in [0.25, 0.3) is 10.2 Å². The fraction of sp³-hybridized carbons (Fsp3) is 0.588. The van der Waals surface area contributed by atoms with Crippen molar-refractivity contribution in [3.8, 4) is 0 Å². The third-order valence-electron chi connectivity index (χ3n) is 4.24. The van der Waals surface area contributed by atoms with Gasteiger partial charge in [0.15, 0.2) is 0 Å². The number of rotatable bonds is 9. The van der Waals surface area contributed by atoms with Crippen LogP contribution in [0.5, 0.6) is 0 Å². The van der Waals surface area contributed by atoms with Gasteiger partial charge in [-0.05, 0) is 63.4 Å². The van der Waals surface area contributed by atoms with Crippen LogP contribution in [-0.2, 0) is 6.42 Å². The van der Waals surface area contributed by atoms with Crippen LogP contribution in [0, 0.1) is 0 Å². The van der Waals surface area contributed by atoms with Crippen LogP contribution in [0.4, 0.5) is 0 Å². The summed E-state index contributed by atoms with van der Waals surface area (Å²) in [5.74, 6) is 0. The summed E-state index contributed by atoms with van der Waals surface area (Å²) in [7, 11) is 2.21. The summed E-state index contributed by atoms with van der Waals surface area (Å²) in [5, 5.41) is 3.55. The summed E-state index contributed by atoms with van der Waals surface area (Å²) in [4.78, 5) is 16.6. The Morgan fingerprint density at radius 2 is 2.18 bits per heavy atom. The zero-order chi connectivity index (χ0) is 15.4. The number of H-pyrrole nitrogens is 1. The van der Waals surface area contributed by atoms with Crippen molar-refractivity contribution in [2.45, 2.75) is 38.1 Å². The summed E-state index contributed by atoms with van der Waals surface area (Å²) in [6.45, 7) is 3.41. The van der Waals surface area contributed by atoms with Crippen molar-refractivity contribution in [3.05, 3.63) is 33.4 Å². The normalized spacial score (nSPS) is 15.0. The molecule has 22 heavy (non-hydrogen) atoms. The molecule has 0 aliphatic heterocycles. The molecule has 0 spiro atoms. The Hall–Kier alpha value is -1.17. The van der Waals surface area contributed by atoms with Gasteiger partial charge >= 0.3 is 4.87 Å². The average Bonchev–Trinajstić information content (AvgIpc) is 3.23. The third kappa shape index (κ3) is 4.66. The van der Waals surface area contributed by atoms with Crippen LogP contribution in [-0.4, -0.2) is 42.6 Å². The number of aromatic amines is 1. The fourth-order valence-corrected chi connectivity index (χ4v) is 3.51. The molecule has 0 bridgehead atoms. The number of hydrogen-bond donors (Lipinski definition) is 2. The van der Waals surface area contributed by atoms with Gasteiger partial charge in [0.2, 0.25) is 0 Å². The van der Waals surface area contributed by atoms with Gasteiger partial charge in [-0.25, -0.2) is 0 Å². The van der Waals surface area contributed by atoms with E-state index in [-0.39, 0.29) is 4.87 Å². The predicted octanol–water partition coefficient (Wildman–Crippen LogP) is 2.60. The Balaban J connectivity index is 1.35. The Kier molecular flexibility index (Phi) is 5.28. The van der Waals surface area contributed by atoms with E-state index in [9.17, 15) is 4.79 Å². The highest BCUT2D eigenvalue weighted by molar-refractivity contribution is 7.16. The highest BCUT2D eigenvalue weighted by atomic mass is 32.1. The van der Waals surface area contributed by atoms with Gasteiger partial charge in [-0.3, -0.25) is 4.79 Å². The van der Waals surface area contributed by atoms with Crippen LogP contribution in [0.1, 0.15) is 31.2 Å². The van der Waals surface area contributed by atoms with Crippen molar-refractivity contribution in [1.82, 2.24) is 15.2 Å². The molecule has 1 aliphatic rings. The Bertz CT molecular complexity index is 659. The third-order valence-corrected chi connectivity index (χ3v) is 5.09. The second-order valence-corrected chi connectivity index (χ2v) is 7.35. The quantitative estimate of drug-likeness (QED) is 0.699. The molecule has 0 unspecified atom stereocenters. The molecule has 0 atom stereocenters. The van der Waals surface area contributed by atoms with Crippen molar-refractivity contribution >= 4 is 21.6 Å². The zero-order valence-corrected chi connectivity index (χ0v) is 14.0. The molecule has 0 saturated heterocycles. The molecule has 0 amide bonds. The number of fused-ring (bicyclic) bond motifs is 1. The number of aromatic nitrogens is 1. The highest BCUT2D eigenvalue weighted by Crippen LogP contribution is 2.18. The molecule has 1 heterocycles. The van der Waals surface area contributed by atoms with E-state index in [2.05, 4.69) is 34.4 Å². The SMILES string of the molecule is CN(CCCCc1ccc2[nH]c(=O)sc2c1)CCNC1CC1. The predicted molar refractivity (Wildman–Crippen MR) is 93.9 cm³/mol. The number of nitrogens with one attached hydrogen (secondary N) is 2. The van der Waals surface area contributed by atoms with Gasteiger partial charge in [0.1, 0.15) is 0 Å². The van der Waals surface area contributed by atoms with Crippen molar-refractivity contribution < 1.29 is 0 Å². The van der Waals surface area contributed by atoms with Gasteiger partial charge in [-0.15, -0.1) is 0 Å². The summed E-state index contributed by atoms with van der Waals surface area (Å²) < 4.78 is 1.07. The average molecular weight is 319 g/mol. The van der Waals surface area contributed by atoms with E-state index in [1.165, 1.54) is 42.6 Å². The second kappa shape index (κ2) is 7.40. The molecule has 1 fully saturated rings. The maximum absolute atomic E-state index is 11.3. The summed E-state index contributed by atoms with van der Waals surface area (Å²) in [5.41, 5.74) is 2.29. The van der Waals surface area contributed by atoms with Gasteiger partial charge in [-0.2, -0.15) is 0 Å². The van der Waals surface area contributed by atoms with Crippen LogP contribution in [0.15, 0.2) is 23.0 Å². The van der Waals surface area contributed by atoms with Crippen molar-refractivity contribution in [2.75, 3.05) is 26.7 Å². The lowest BCUT2D eigenvalue weighted by atomic mass is 10.1. The fourth-order valence-electron chi connectivity index (χ4n) is 2.71. The topological polar surface area (TPSA) is 48.1 Å². The van der Waals surface area contributed by atoms with Crippen molar-refractivity contribution in [3.63, 3.8) is 0 Å². The molecule has 2 N–H and O–H groups in total. The van der Waals surface area contributed by atoms with Gasteiger partial charge in [0.05, 0.1) is 10.2 Å². The van der Waals surface area contributed by atoms with Gasteiger partial charge < -0.3 is 15.2 Å².